The topological polar surface area (TPSA) is 51.1 Å². The molecule has 1 heterocycles. The standard InChI is InChI=1S/C31H23ClI2N2O3S/c1-38-25-13-9-20(10-14-25)18-36-30(37)28(40-31(36)35-24-5-3-2-4-6-24)17-22-15-26(33)29(27(34)16-22)39-19-21-7-11-23(32)12-8-21/h2-17H,18-19H2,1H3/b28-17-,35-31?. The van der Waals surface area contributed by atoms with E-state index in [-0.39, 0.29) is 5.91 Å². The predicted octanol–water partition coefficient (Wildman–Crippen LogP) is 8.94. The summed E-state index contributed by atoms with van der Waals surface area (Å²) in [6.45, 7) is 0.850. The number of hydrogen-bond acceptors (Lipinski definition) is 5. The number of amides is 1. The van der Waals surface area contributed by atoms with Crippen LogP contribution < -0.4 is 9.47 Å². The van der Waals surface area contributed by atoms with Crippen molar-refractivity contribution in [2.75, 3.05) is 7.11 Å². The summed E-state index contributed by atoms with van der Waals surface area (Å²) in [6, 6.07) is 29.1. The number of carbonyl (C=O) groups is 1. The fourth-order valence-electron chi connectivity index (χ4n) is 3.95. The highest BCUT2D eigenvalue weighted by Gasteiger charge is 2.33. The molecule has 0 spiro atoms. The van der Waals surface area contributed by atoms with Gasteiger partial charge in [0.15, 0.2) is 5.17 Å². The third kappa shape index (κ3) is 7.20. The lowest BCUT2D eigenvalue weighted by atomic mass is 10.2. The molecule has 1 fully saturated rings. The maximum absolute atomic E-state index is 13.7. The first kappa shape index (κ1) is 29.0. The zero-order valence-corrected chi connectivity index (χ0v) is 27.2. The van der Waals surface area contributed by atoms with E-state index in [1.807, 2.05) is 97.1 Å². The van der Waals surface area contributed by atoms with Crippen LogP contribution in [0.25, 0.3) is 6.08 Å². The highest BCUT2D eigenvalue weighted by Crippen LogP contribution is 2.37. The summed E-state index contributed by atoms with van der Waals surface area (Å²) >= 11 is 11.9. The van der Waals surface area contributed by atoms with E-state index in [0.717, 1.165) is 41.0 Å². The van der Waals surface area contributed by atoms with E-state index in [1.54, 1.807) is 12.0 Å². The number of thioether (sulfide) groups is 1. The fraction of sp³-hybridized carbons (Fsp3) is 0.0968. The SMILES string of the molecule is COc1ccc(CN2C(=O)/C(=C/c3cc(I)c(OCc4ccc(Cl)cc4)c(I)c3)SC2=Nc2ccccc2)cc1. The number of methoxy groups -OCH3 is 1. The van der Waals surface area contributed by atoms with Gasteiger partial charge in [0.25, 0.3) is 5.91 Å². The molecule has 0 radical (unpaired) electrons. The number of hydrogen-bond donors (Lipinski definition) is 0. The number of benzene rings is 4. The smallest absolute Gasteiger partial charge is 0.267 e. The second-order valence-electron chi connectivity index (χ2n) is 8.81. The predicted molar refractivity (Wildman–Crippen MR) is 180 cm³/mol. The van der Waals surface area contributed by atoms with Gasteiger partial charge in [0, 0.05) is 5.02 Å². The molecule has 40 heavy (non-hydrogen) atoms. The Morgan fingerprint density at radius 1 is 0.925 bits per heavy atom. The number of halogens is 3. The molecule has 1 aliphatic rings. The van der Waals surface area contributed by atoms with Gasteiger partial charge in [-0.25, -0.2) is 4.99 Å². The van der Waals surface area contributed by atoms with Gasteiger partial charge in [-0.1, -0.05) is 54.1 Å². The summed E-state index contributed by atoms with van der Waals surface area (Å²) in [5, 5.41) is 1.34. The minimum atomic E-state index is -0.0800. The van der Waals surface area contributed by atoms with Crippen LogP contribution in [0.1, 0.15) is 16.7 Å². The van der Waals surface area contributed by atoms with Crippen LogP contribution in [0.3, 0.4) is 0 Å². The van der Waals surface area contributed by atoms with Crippen LogP contribution >= 0.6 is 68.5 Å². The lowest BCUT2D eigenvalue weighted by molar-refractivity contribution is -0.122. The molecule has 0 saturated carbocycles. The van der Waals surface area contributed by atoms with Crippen molar-refractivity contribution >= 4 is 91.4 Å². The molecule has 0 atom stereocenters. The number of rotatable bonds is 8. The Labute approximate surface area is 269 Å². The Balaban J connectivity index is 1.40. The van der Waals surface area contributed by atoms with Crippen molar-refractivity contribution in [3.63, 3.8) is 0 Å². The first-order valence-corrected chi connectivity index (χ1v) is 15.6. The molecular formula is C31H23ClI2N2O3S. The fourth-order valence-corrected chi connectivity index (χ4v) is 7.20. The Kier molecular flexibility index (Phi) is 9.72. The van der Waals surface area contributed by atoms with E-state index >= 15 is 0 Å². The summed E-state index contributed by atoms with van der Waals surface area (Å²) in [6.07, 6.45) is 1.93. The lowest BCUT2D eigenvalue weighted by Gasteiger charge is -2.16. The molecule has 4 aromatic carbocycles. The first-order chi connectivity index (χ1) is 19.4. The molecule has 1 amide bonds. The van der Waals surface area contributed by atoms with E-state index in [4.69, 9.17) is 26.1 Å². The van der Waals surface area contributed by atoms with Crippen molar-refractivity contribution in [3.8, 4) is 11.5 Å². The number of ether oxygens (including phenoxy) is 2. The van der Waals surface area contributed by atoms with Gasteiger partial charge in [-0.05, 0) is 128 Å². The molecule has 0 aliphatic carbocycles. The van der Waals surface area contributed by atoms with Crippen LogP contribution in [0.4, 0.5) is 5.69 Å². The molecule has 0 aromatic heterocycles. The van der Waals surface area contributed by atoms with E-state index in [9.17, 15) is 4.79 Å². The largest absolute Gasteiger partial charge is 0.497 e. The highest BCUT2D eigenvalue weighted by molar-refractivity contribution is 14.1. The van der Waals surface area contributed by atoms with Gasteiger partial charge in [0.05, 0.1) is 31.4 Å². The van der Waals surface area contributed by atoms with Gasteiger partial charge >= 0.3 is 0 Å². The van der Waals surface area contributed by atoms with Gasteiger partial charge in [-0.3, -0.25) is 9.69 Å². The zero-order valence-electron chi connectivity index (χ0n) is 21.3. The third-order valence-corrected chi connectivity index (χ3v) is 8.84. The quantitative estimate of drug-likeness (QED) is 0.132. The highest BCUT2D eigenvalue weighted by atomic mass is 127. The Morgan fingerprint density at radius 3 is 2.23 bits per heavy atom. The maximum atomic E-state index is 13.7. The van der Waals surface area contributed by atoms with Gasteiger partial charge in [0.1, 0.15) is 18.1 Å². The van der Waals surface area contributed by atoms with Crippen LogP contribution in [-0.4, -0.2) is 23.1 Å². The van der Waals surface area contributed by atoms with Gasteiger partial charge in [-0.2, -0.15) is 0 Å². The molecule has 5 nitrogen and oxygen atoms in total. The van der Waals surface area contributed by atoms with Crippen molar-refractivity contribution in [1.82, 2.24) is 4.90 Å². The number of para-hydroxylation sites is 1. The summed E-state index contributed by atoms with van der Waals surface area (Å²) in [5.41, 5.74) is 3.75. The summed E-state index contributed by atoms with van der Waals surface area (Å²) in [5.74, 6) is 1.51. The average Bonchev–Trinajstić information content (AvgIpc) is 3.23. The van der Waals surface area contributed by atoms with Crippen LogP contribution in [-0.2, 0) is 17.9 Å². The number of amidine groups is 1. The van der Waals surface area contributed by atoms with E-state index in [1.165, 1.54) is 11.8 Å². The average molecular weight is 793 g/mol. The van der Waals surface area contributed by atoms with Crippen LogP contribution in [0.2, 0.25) is 5.02 Å². The Bertz CT molecular complexity index is 1550. The van der Waals surface area contributed by atoms with Gasteiger partial charge in [-0.15, -0.1) is 0 Å². The molecule has 4 aromatic rings. The van der Waals surface area contributed by atoms with Crippen LogP contribution in [0, 0.1) is 7.14 Å². The minimum Gasteiger partial charge on any atom is -0.497 e. The molecule has 202 valence electrons. The lowest BCUT2D eigenvalue weighted by Crippen LogP contribution is -2.28. The molecule has 1 saturated heterocycles. The summed E-state index contributed by atoms with van der Waals surface area (Å²) < 4.78 is 13.4. The van der Waals surface area contributed by atoms with E-state index in [0.29, 0.717) is 28.2 Å². The molecule has 0 N–H and O–H groups in total. The third-order valence-electron chi connectivity index (χ3n) is 5.98. The second kappa shape index (κ2) is 13.4. The van der Waals surface area contributed by atoms with Crippen molar-refractivity contribution in [3.05, 3.63) is 125 Å². The number of carbonyl (C=O) groups excluding carboxylic acids is 1. The second-order valence-corrected chi connectivity index (χ2v) is 12.6. The van der Waals surface area contributed by atoms with Gasteiger partial charge < -0.3 is 9.47 Å². The zero-order chi connectivity index (χ0) is 28.1. The first-order valence-electron chi connectivity index (χ1n) is 12.2. The molecule has 5 rings (SSSR count). The summed E-state index contributed by atoms with van der Waals surface area (Å²) in [4.78, 5) is 20.8. The minimum absolute atomic E-state index is 0.0800. The van der Waals surface area contributed by atoms with E-state index < -0.39 is 0 Å². The molecular weight excluding hydrogens is 770 g/mol. The number of nitrogens with zero attached hydrogens (tertiary/aromatic N) is 2. The van der Waals surface area contributed by atoms with Gasteiger partial charge in [0.2, 0.25) is 0 Å². The van der Waals surface area contributed by atoms with Crippen LogP contribution in [0.15, 0.2) is 101 Å². The van der Waals surface area contributed by atoms with Crippen LogP contribution in [0.5, 0.6) is 11.5 Å². The molecule has 9 heteroatoms. The van der Waals surface area contributed by atoms with Crippen molar-refractivity contribution in [1.29, 1.82) is 0 Å². The molecule has 0 unspecified atom stereocenters. The Hall–Kier alpha value is -2.54. The van der Waals surface area contributed by atoms with Crippen molar-refractivity contribution in [2.24, 2.45) is 4.99 Å². The summed E-state index contributed by atoms with van der Waals surface area (Å²) in [7, 11) is 1.64. The van der Waals surface area contributed by atoms with Crippen molar-refractivity contribution in [2.45, 2.75) is 13.2 Å². The Morgan fingerprint density at radius 2 is 1.57 bits per heavy atom. The monoisotopic (exact) mass is 792 g/mol. The number of aliphatic imine (C=N–C) groups is 1. The van der Waals surface area contributed by atoms with Crippen molar-refractivity contribution < 1.29 is 14.3 Å². The maximum Gasteiger partial charge on any atom is 0.267 e. The molecule has 1 aliphatic heterocycles. The van der Waals surface area contributed by atoms with E-state index in [2.05, 4.69) is 45.2 Å². The normalized spacial score (nSPS) is 15.2. The molecule has 0 bridgehead atoms.